The predicted molar refractivity (Wildman–Crippen MR) is 106 cm³/mol. The summed E-state index contributed by atoms with van der Waals surface area (Å²) >= 11 is 6.04. The van der Waals surface area contributed by atoms with E-state index in [-0.39, 0.29) is 19.0 Å². The molecule has 0 atom stereocenters. The summed E-state index contributed by atoms with van der Waals surface area (Å²) in [5.74, 6) is -5.49. The van der Waals surface area contributed by atoms with Gasteiger partial charge in [0.05, 0.1) is 18.8 Å². The Hall–Kier alpha value is -2.58. The fraction of sp³-hybridized carbons (Fsp3) is 0.300. The van der Waals surface area contributed by atoms with E-state index >= 15 is 0 Å². The van der Waals surface area contributed by atoms with Gasteiger partial charge in [-0.3, -0.25) is 14.5 Å². The van der Waals surface area contributed by atoms with Crippen LogP contribution in [0.2, 0.25) is 5.02 Å². The molecule has 9 heteroatoms. The van der Waals surface area contributed by atoms with Crippen LogP contribution in [0, 0.1) is 24.4 Å². The topological polar surface area (TPSA) is 61.4 Å². The fourth-order valence-corrected chi connectivity index (χ4v) is 2.86. The zero-order chi connectivity index (χ0) is 21.6. The normalized spacial score (nSPS) is 10.9. The average molecular weight is 428 g/mol. The van der Waals surface area contributed by atoms with Crippen LogP contribution in [0.3, 0.4) is 0 Å². The first kappa shape index (κ1) is 22.7. The second-order valence-electron chi connectivity index (χ2n) is 6.44. The van der Waals surface area contributed by atoms with Gasteiger partial charge in [-0.1, -0.05) is 24.6 Å². The zero-order valence-electron chi connectivity index (χ0n) is 16.0. The van der Waals surface area contributed by atoms with E-state index in [0.29, 0.717) is 23.7 Å². The minimum atomic E-state index is -1.66. The van der Waals surface area contributed by atoms with Gasteiger partial charge in [0, 0.05) is 10.7 Å². The molecule has 2 rings (SSSR count). The summed E-state index contributed by atoms with van der Waals surface area (Å²) in [5, 5.41) is 5.45. The van der Waals surface area contributed by atoms with Crippen molar-refractivity contribution in [1.82, 2.24) is 4.90 Å². The predicted octanol–water partition coefficient (Wildman–Crippen LogP) is 4.35. The number of halogens is 4. The van der Waals surface area contributed by atoms with Crippen LogP contribution >= 0.6 is 11.6 Å². The highest BCUT2D eigenvalue weighted by atomic mass is 35.5. The number of amides is 2. The Balaban J connectivity index is 2.00. The molecule has 29 heavy (non-hydrogen) atoms. The van der Waals surface area contributed by atoms with Crippen LogP contribution < -0.4 is 10.6 Å². The molecule has 0 aliphatic carbocycles. The Labute approximate surface area is 171 Å². The van der Waals surface area contributed by atoms with Crippen molar-refractivity contribution >= 4 is 34.8 Å². The first-order chi connectivity index (χ1) is 13.7. The summed E-state index contributed by atoms with van der Waals surface area (Å²) in [6.07, 6.45) is 0.663. The molecular weight excluding hydrogens is 407 g/mol. The monoisotopic (exact) mass is 427 g/mol. The van der Waals surface area contributed by atoms with Gasteiger partial charge in [0.15, 0.2) is 17.5 Å². The van der Waals surface area contributed by atoms with Gasteiger partial charge in [-0.25, -0.2) is 13.2 Å². The van der Waals surface area contributed by atoms with Crippen LogP contribution in [0.4, 0.5) is 24.5 Å². The number of nitrogens with one attached hydrogen (secondary N) is 2. The van der Waals surface area contributed by atoms with Gasteiger partial charge in [-0.15, -0.1) is 0 Å². The third-order valence-electron chi connectivity index (χ3n) is 4.13. The van der Waals surface area contributed by atoms with Gasteiger partial charge in [-0.05, 0) is 49.7 Å². The number of carbonyl (C=O) groups is 2. The van der Waals surface area contributed by atoms with Crippen molar-refractivity contribution in [2.45, 2.75) is 20.3 Å². The Kier molecular flexibility index (Phi) is 8.04. The maximum atomic E-state index is 13.7. The molecule has 0 unspecified atom stereocenters. The average Bonchev–Trinajstić information content (AvgIpc) is 2.66. The number of carbonyl (C=O) groups excluding carboxylic acids is 2. The van der Waals surface area contributed by atoms with E-state index in [2.05, 4.69) is 10.6 Å². The van der Waals surface area contributed by atoms with Gasteiger partial charge < -0.3 is 10.6 Å². The lowest BCUT2D eigenvalue weighted by Crippen LogP contribution is -2.39. The second kappa shape index (κ2) is 10.3. The van der Waals surface area contributed by atoms with Crippen molar-refractivity contribution < 1.29 is 22.8 Å². The van der Waals surface area contributed by atoms with Crippen molar-refractivity contribution in [3.05, 3.63) is 58.4 Å². The van der Waals surface area contributed by atoms with Gasteiger partial charge in [0.1, 0.15) is 0 Å². The Bertz CT molecular complexity index is 909. The molecule has 0 radical (unpaired) electrons. The highest BCUT2D eigenvalue weighted by molar-refractivity contribution is 6.31. The molecule has 0 aliphatic rings. The molecule has 0 fully saturated rings. The number of hydrogen-bond acceptors (Lipinski definition) is 3. The quantitative estimate of drug-likeness (QED) is 0.615. The molecule has 5 nitrogen and oxygen atoms in total. The van der Waals surface area contributed by atoms with E-state index in [1.165, 1.54) is 0 Å². The van der Waals surface area contributed by atoms with Crippen molar-refractivity contribution in [2.24, 2.45) is 0 Å². The molecule has 156 valence electrons. The maximum absolute atomic E-state index is 13.7. The molecule has 0 bridgehead atoms. The lowest BCUT2D eigenvalue weighted by Gasteiger charge is -2.21. The van der Waals surface area contributed by atoms with Crippen LogP contribution in [0.1, 0.15) is 18.9 Å². The van der Waals surface area contributed by atoms with E-state index in [9.17, 15) is 22.8 Å². The molecule has 0 heterocycles. The summed E-state index contributed by atoms with van der Waals surface area (Å²) in [6.45, 7) is 3.75. The van der Waals surface area contributed by atoms with Crippen LogP contribution in [-0.2, 0) is 9.59 Å². The van der Waals surface area contributed by atoms with Crippen molar-refractivity contribution in [1.29, 1.82) is 0 Å². The van der Waals surface area contributed by atoms with Crippen LogP contribution in [0.15, 0.2) is 30.3 Å². The molecule has 2 aromatic rings. The Morgan fingerprint density at radius 1 is 0.966 bits per heavy atom. The highest BCUT2D eigenvalue weighted by Crippen LogP contribution is 2.23. The number of rotatable bonds is 8. The van der Waals surface area contributed by atoms with Gasteiger partial charge >= 0.3 is 0 Å². The molecular formula is C20H21ClF3N3O2. The molecule has 0 spiro atoms. The minimum absolute atomic E-state index is 0.0898. The van der Waals surface area contributed by atoms with E-state index in [1.54, 1.807) is 30.0 Å². The molecule has 0 saturated heterocycles. The number of nitrogens with zero attached hydrogens (tertiary/aromatic N) is 1. The van der Waals surface area contributed by atoms with Gasteiger partial charge in [-0.2, -0.15) is 0 Å². The van der Waals surface area contributed by atoms with Crippen LogP contribution in [0.5, 0.6) is 0 Å². The van der Waals surface area contributed by atoms with Crippen molar-refractivity contribution in [3.8, 4) is 0 Å². The van der Waals surface area contributed by atoms with Crippen molar-refractivity contribution in [3.63, 3.8) is 0 Å². The third kappa shape index (κ3) is 6.20. The molecule has 0 aromatic heterocycles. The first-order valence-corrected chi connectivity index (χ1v) is 9.31. The lowest BCUT2D eigenvalue weighted by molar-refractivity contribution is -0.120. The van der Waals surface area contributed by atoms with Crippen molar-refractivity contribution in [2.75, 3.05) is 30.3 Å². The minimum Gasteiger partial charge on any atom is -0.325 e. The maximum Gasteiger partial charge on any atom is 0.238 e. The van der Waals surface area contributed by atoms with E-state index in [1.807, 2.05) is 6.92 Å². The smallest absolute Gasteiger partial charge is 0.238 e. The summed E-state index contributed by atoms with van der Waals surface area (Å²) in [7, 11) is 0. The summed E-state index contributed by atoms with van der Waals surface area (Å²) in [4.78, 5) is 26.1. The van der Waals surface area contributed by atoms with Crippen LogP contribution in [-0.4, -0.2) is 36.3 Å². The second-order valence-corrected chi connectivity index (χ2v) is 6.85. The number of benzene rings is 2. The van der Waals surface area contributed by atoms with Gasteiger partial charge in [0.25, 0.3) is 0 Å². The lowest BCUT2D eigenvalue weighted by atomic mass is 10.2. The summed E-state index contributed by atoms with van der Waals surface area (Å²) in [6, 6.07) is 6.78. The zero-order valence-corrected chi connectivity index (χ0v) is 16.7. The SMILES string of the molecule is CCCN(CC(=O)Nc1cccc(Cl)c1C)CC(=O)Nc1ccc(F)c(F)c1F. The van der Waals surface area contributed by atoms with E-state index < -0.39 is 29.0 Å². The number of anilines is 2. The largest absolute Gasteiger partial charge is 0.325 e. The molecule has 0 aliphatic heterocycles. The molecule has 2 aromatic carbocycles. The first-order valence-electron chi connectivity index (χ1n) is 8.93. The highest BCUT2D eigenvalue weighted by Gasteiger charge is 2.18. The van der Waals surface area contributed by atoms with E-state index in [4.69, 9.17) is 11.6 Å². The van der Waals surface area contributed by atoms with E-state index in [0.717, 1.165) is 17.7 Å². The fourth-order valence-electron chi connectivity index (χ4n) is 2.68. The molecule has 2 amide bonds. The molecule has 2 N–H and O–H groups in total. The summed E-state index contributed by atoms with van der Waals surface area (Å²) in [5.41, 5.74) is 0.813. The third-order valence-corrected chi connectivity index (χ3v) is 4.53. The summed E-state index contributed by atoms with van der Waals surface area (Å²) < 4.78 is 40.0. The standard InChI is InChI=1S/C20H21ClF3N3O2/c1-3-9-27(10-17(28)25-15-6-4-5-13(21)12(15)2)11-18(29)26-16-8-7-14(22)19(23)20(16)24/h4-8H,3,9-11H2,1-2H3,(H,25,28)(H,26,29). The Morgan fingerprint density at radius 2 is 1.59 bits per heavy atom. The van der Waals surface area contributed by atoms with Gasteiger partial charge in [0.2, 0.25) is 11.8 Å². The molecule has 0 saturated carbocycles. The van der Waals surface area contributed by atoms with Crippen LogP contribution in [0.25, 0.3) is 0 Å². The Morgan fingerprint density at radius 3 is 2.21 bits per heavy atom. The number of hydrogen-bond donors (Lipinski definition) is 2.